The summed E-state index contributed by atoms with van der Waals surface area (Å²) in [6, 6.07) is 12.0. The van der Waals surface area contributed by atoms with Crippen LogP contribution in [-0.4, -0.2) is 23.3 Å². The van der Waals surface area contributed by atoms with Crippen molar-refractivity contribution in [3.05, 3.63) is 52.2 Å². The van der Waals surface area contributed by atoms with Crippen molar-refractivity contribution in [2.75, 3.05) is 11.9 Å². The molecule has 4 rings (SSSR count). The Morgan fingerprint density at radius 2 is 2.13 bits per heavy atom. The van der Waals surface area contributed by atoms with Crippen LogP contribution in [0.4, 0.5) is 5.69 Å². The molecule has 1 saturated heterocycles. The van der Waals surface area contributed by atoms with Crippen LogP contribution in [0.15, 0.2) is 41.8 Å². The summed E-state index contributed by atoms with van der Waals surface area (Å²) < 4.78 is 0. The largest absolute Gasteiger partial charge is 0.335 e. The lowest BCUT2D eigenvalue weighted by Crippen LogP contribution is -2.32. The fraction of sp³-hybridized carbons (Fsp3) is 0.333. The van der Waals surface area contributed by atoms with Gasteiger partial charge in [0, 0.05) is 23.5 Å². The van der Waals surface area contributed by atoms with Crippen molar-refractivity contribution in [3.8, 4) is 0 Å². The average Bonchev–Trinajstić information content (AvgIpc) is 3.26. The van der Waals surface area contributed by atoms with Crippen molar-refractivity contribution in [1.29, 1.82) is 0 Å². The van der Waals surface area contributed by atoms with E-state index < -0.39 is 0 Å². The molecule has 5 heteroatoms. The van der Waals surface area contributed by atoms with E-state index in [1.807, 2.05) is 35.2 Å². The van der Waals surface area contributed by atoms with Gasteiger partial charge in [0.05, 0.1) is 12.0 Å². The van der Waals surface area contributed by atoms with Gasteiger partial charge in [-0.3, -0.25) is 9.59 Å². The van der Waals surface area contributed by atoms with Crippen LogP contribution in [0.3, 0.4) is 0 Å². The molecule has 0 unspecified atom stereocenters. The first-order chi connectivity index (χ1) is 11.2. The maximum atomic E-state index is 12.8. The summed E-state index contributed by atoms with van der Waals surface area (Å²) in [6.45, 7) is 0.789. The highest BCUT2D eigenvalue weighted by Gasteiger charge is 2.36. The van der Waals surface area contributed by atoms with Gasteiger partial charge in [0.15, 0.2) is 0 Å². The van der Waals surface area contributed by atoms with E-state index in [1.165, 1.54) is 4.88 Å². The molecule has 4 nitrogen and oxygen atoms in total. The maximum Gasteiger partial charge on any atom is 0.232 e. The lowest BCUT2D eigenvalue weighted by atomic mass is 9.96. The number of likely N-dealkylation sites (tertiary alicyclic amines) is 1. The number of carbonyl (C=O) groups excluding carboxylic acids is 2. The van der Waals surface area contributed by atoms with Crippen molar-refractivity contribution in [3.63, 3.8) is 0 Å². The van der Waals surface area contributed by atoms with E-state index in [2.05, 4.69) is 16.8 Å². The minimum atomic E-state index is -0.358. The summed E-state index contributed by atoms with van der Waals surface area (Å²) in [6.07, 6.45) is 2.30. The fourth-order valence-corrected chi connectivity index (χ4v) is 4.49. The first-order valence-corrected chi connectivity index (χ1v) is 8.84. The van der Waals surface area contributed by atoms with E-state index in [1.54, 1.807) is 11.3 Å². The molecule has 0 aliphatic carbocycles. The van der Waals surface area contributed by atoms with Gasteiger partial charge in [0.1, 0.15) is 0 Å². The summed E-state index contributed by atoms with van der Waals surface area (Å²) in [5, 5.41) is 4.93. The van der Waals surface area contributed by atoms with Gasteiger partial charge < -0.3 is 10.2 Å². The van der Waals surface area contributed by atoms with E-state index in [0.717, 1.165) is 30.6 Å². The number of para-hydroxylation sites is 1. The molecule has 0 radical (unpaired) electrons. The molecule has 1 aromatic carbocycles. The highest BCUT2D eigenvalue weighted by molar-refractivity contribution is 7.10. The second-order valence-electron chi connectivity index (χ2n) is 6.09. The monoisotopic (exact) mass is 326 g/mol. The third-order valence-corrected chi connectivity index (χ3v) is 5.71. The van der Waals surface area contributed by atoms with Crippen LogP contribution < -0.4 is 5.32 Å². The van der Waals surface area contributed by atoms with Gasteiger partial charge in [-0.2, -0.15) is 0 Å². The molecule has 1 fully saturated rings. The molecule has 1 aromatic heterocycles. The summed E-state index contributed by atoms with van der Waals surface area (Å²) in [5.41, 5.74) is 1.78. The molecule has 23 heavy (non-hydrogen) atoms. The summed E-state index contributed by atoms with van der Waals surface area (Å²) in [7, 11) is 0. The van der Waals surface area contributed by atoms with Crippen LogP contribution in [0.25, 0.3) is 0 Å². The average molecular weight is 326 g/mol. The molecule has 2 amide bonds. The Balaban J connectivity index is 1.53. The predicted octanol–water partition coefficient (Wildman–Crippen LogP) is 3.54. The number of fused-ring (bicyclic) bond motifs is 1. The van der Waals surface area contributed by atoms with Gasteiger partial charge in [-0.15, -0.1) is 11.3 Å². The second kappa shape index (κ2) is 5.81. The zero-order valence-electron chi connectivity index (χ0n) is 12.7. The van der Waals surface area contributed by atoms with Crippen LogP contribution in [0.5, 0.6) is 0 Å². The molecular weight excluding hydrogens is 308 g/mol. The van der Waals surface area contributed by atoms with Crippen LogP contribution in [0.1, 0.15) is 41.7 Å². The molecule has 2 aliphatic heterocycles. The lowest BCUT2D eigenvalue weighted by Gasteiger charge is -2.25. The molecule has 2 aromatic rings. The number of thiophene rings is 1. The molecule has 2 aliphatic rings. The van der Waals surface area contributed by atoms with E-state index in [-0.39, 0.29) is 30.2 Å². The van der Waals surface area contributed by atoms with Crippen LogP contribution in [0, 0.1) is 0 Å². The Morgan fingerprint density at radius 1 is 1.26 bits per heavy atom. The van der Waals surface area contributed by atoms with E-state index in [4.69, 9.17) is 0 Å². The molecule has 0 saturated carbocycles. The minimum Gasteiger partial charge on any atom is -0.335 e. The van der Waals surface area contributed by atoms with Crippen molar-refractivity contribution < 1.29 is 9.59 Å². The Bertz CT molecular complexity index is 741. The van der Waals surface area contributed by atoms with Gasteiger partial charge in [0.25, 0.3) is 0 Å². The van der Waals surface area contributed by atoms with Crippen LogP contribution in [-0.2, 0) is 9.59 Å². The maximum absolute atomic E-state index is 12.8. The number of nitrogens with one attached hydrogen (secondary N) is 1. The van der Waals surface area contributed by atoms with Gasteiger partial charge in [0.2, 0.25) is 11.8 Å². The van der Waals surface area contributed by atoms with Gasteiger partial charge >= 0.3 is 0 Å². The number of anilines is 1. The van der Waals surface area contributed by atoms with E-state index in [9.17, 15) is 9.59 Å². The highest BCUT2D eigenvalue weighted by atomic mass is 32.1. The second-order valence-corrected chi connectivity index (χ2v) is 7.07. The number of hydrogen-bond donors (Lipinski definition) is 1. The molecule has 2 atom stereocenters. The highest BCUT2D eigenvalue weighted by Crippen LogP contribution is 2.38. The molecule has 0 spiro atoms. The van der Waals surface area contributed by atoms with Crippen LogP contribution in [0.2, 0.25) is 0 Å². The smallest absolute Gasteiger partial charge is 0.232 e. The summed E-state index contributed by atoms with van der Waals surface area (Å²) >= 11 is 1.70. The SMILES string of the molecule is O=C1Nc2ccccc2[C@@H]1CC(=O)N1CCC[C@@H]1c1cccs1. The third-order valence-electron chi connectivity index (χ3n) is 4.73. The van der Waals surface area contributed by atoms with Crippen molar-refractivity contribution in [2.24, 2.45) is 0 Å². The number of carbonyl (C=O) groups is 2. The molecule has 118 valence electrons. The Labute approximate surface area is 139 Å². The lowest BCUT2D eigenvalue weighted by molar-refractivity contribution is -0.134. The third kappa shape index (κ3) is 2.55. The molecule has 3 heterocycles. The van der Waals surface area contributed by atoms with E-state index >= 15 is 0 Å². The quantitative estimate of drug-likeness (QED) is 0.938. The van der Waals surface area contributed by atoms with Crippen molar-refractivity contribution >= 4 is 28.8 Å². The fourth-order valence-electron chi connectivity index (χ4n) is 3.61. The Morgan fingerprint density at radius 3 is 2.96 bits per heavy atom. The first kappa shape index (κ1) is 14.5. The van der Waals surface area contributed by atoms with E-state index in [0.29, 0.717) is 0 Å². The predicted molar refractivity (Wildman–Crippen MR) is 90.4 cm³/mol. The zero-order valence-corrected chi connectivity index (χ0v) is 13.5. The summed E-state index contributed by atoms with van der Waals surface area (Å²) in [5.74, 6) is -0.340. The van der Waals surface area contributed by atoms with Gasteiger partial charge in [-0.25, -0.2) is 0 Å². The standard InChI is InChI=1S/C18H18N2O2S/c21-17(20-9-3-7-15(20)16-8-4-10-23-16)11-13-12-5-1-2-6-14(12)19-18(13)22/h1-2,4-6,8,10,13,15H,3,7,9,11H2,(H,19,22)/t13-,15+/m0/s1. The number of hydrogen-bond acceptors (Lipinski definition) is 3. The zero-order chi connectivity index (χ0) is 15.8. The topological polar surface area (TPSA) is 49.4 Å². The summed E-state index contributed by atoms with van der Waals surface area (Å²) in [4.78, 5) is 28.2. The van der Waals surface area contributed by atoms with Gasteiger partial charge in [-0.05, 0) is 35.9 Å². The number of amides is 2. The van der Waals surface area contributed by atoms with Gasteiger partial charge in [-0.1, -0.05) is 24.3 Å². The minimum absolute atomic E-state index is 0.0635. The molecular formula is C18H18N2O2S. The van der Waals surface area contributed by atoms with Crippen molar-refractivity contribution in [1.82, 2.24) is 4.90 Å². The number of rotatable bonds is 3. The normalized spacial score (nSPS) is 23.0. The Hall–Kier alpha value is -2.14. The first-order valence-electron chi connectivity index (χ1n) is 7.96. The van der Waals surface area contributed by atoms with Crippen LogP contribution >= 0.6 is 11.3 Å². The van der Waals surface area contributed by atoms with Crippen molar-refractivity contribution in [2.45, 2.75) is 31.2 Å². The number of benzene rings is 1. The molecule has 0 bridgehead atoms. The Kier molecular flexibility index (Phi) is 3.65. The molecule has 1 N–H and O–H groups in total. The number of nitrogens with zero attached hydrogens (tertiary/aromatic N) is 1.